The van der Waals surface area contributed by atoms with Crippen LogP contribution in [0.5, 0.6) is 5.75 Å². The second-order valence-corrected chi connectivity index (χ2v) is 3.08. The van der Waals surface area contributed by atoms with E-state index in [0.29, 0.717) is 22.7 Å². The topological polar surface area (TPSA) is 63.9 Å². The number of nitrogen functional groups attached to an aromatic ring is 1. The van der Waals surface area contributed by atoms with Crippen molar-refractivity contribution in [1.29, 1.82) is 0 Å². The number of aromatic amines is 1. The number of nitrogens with zero attached hydrogens (tertiary/aromatic N) is 1. The van der Waals surface area contributed by atoms with Crippen LogP contribution in [0, 0.1) is 5.82 Å². The van der Waals surface area contributed by atoms with Gasteiger partial charge in [-0.1, -0.05) is 0 Å². The number of methoxy groups -OCH3 is 1. The molecule has 1 heterocycles. The molecule has 0 bridgehead atoms. The van der Waals surface area contributed by atoms with Gasteiger partial charge in [0.15, 0.2) is 0 Å². The number of rotatable bonds is 2. The fourth-order valence-electron chi connectivity index (χ4n) is 1.35. The van der Waals surface area contributed by atoms with Crippen molar-refractivity contribution in [1.82, 2.24) is 10.2 Å². The van der Waals surface area contributed by atoms with Gasteiger partial charge in [-0.05, 0) is 12.1 Å². The number of anilines is 1. The lowest BCUT2D eigenvalue weighted by Gasteiger charge is -2.04. The summed E-state index contributed by atoms with van der Waals surface area (Å²) in [5.74, 6) is 0.0670. The van der Waals surface area contributed by atoms with Crippen LogP contribution in [-0.4, -0.2) is 17.3 Å². The second-order valence-electron chi connectivity index (χ2n) is 3.08. The third kappa shape index (κ3) is 1.76. The summed E-state index contributed by atoms with van der Waals surface area (Å²) in [6, 6.07) is 4.36. The van der Waals surface area contributed by atoms with Crippen LogP contribution in [0.4, 0.5) is 10.1 Å². The van der Waals surface area contributed by atoms with Crippen molar-refractivity contribution < 1.29 is 9.13 Å². The van der Waals surface area contributed by atoms with Crippen molar-refractivity contribution in [2.75, 3.05) is 12.8 Å². The quantitative estimate of drug-likeness (QED) is 0.789. The molecule has 0 aliphatic rings. The zero-order chi connectivity index (χ0) is 10.8. The Morgan fingerprint density at radius 1 is 1.40 bits per heavy atom. The predicted octanol–water partition coefficient (Wildman–Crippen LogP) is 1.81. The SMILES string of the molecule is COc1cc(F)cc(-c2[nH]ncc2N)c1. The van der Waals surface area contributed by atoms with Crippen molar-refractivity contribution in [3.8, 4) is 17.0 Å². The van der Waals surface area contributed by atoms with E-state index in [0.717, 1.165) is 0 Å². The van der Waals surface area contributed by atoms with Gasteiger partial charge < -0.3 is 10.5 Å². The molecule has 2 rings (SSSR count). The van der Waals surface area contributed by atoms with Crippen molar-refractivity contribution in [2.45, 2.75) is 0 Å². The van der Waals surface area contributed by atoms with Crippen molar-refractivity contribution >= 4 is 5.69 Å². The van der Waals surface area contributed by atoms with E-state index in [9.17, 15) is 4.39 Å². The number of halogens is 1. The Hall–Kier alpha value is -2.04. The monoisotopic (exact) mass is 207 g/mol. The number of ether oxygens (including phenoxy) is 1. The number of benzene rings is 1. The largest absolute Gasteiger partial charge is 0.497 e. The van der Waals surface area contributed by atoms with E-state index >= 15 is 0 Å². The Bertz CT molecular complexity index is 481. The number of H-pyrrole nitrogens is 1. The van der Waals surface area contributed by atoms with E-state index in [4.69, 9.17) is 10.5 Å². The van der Waals surface area contributed by atoms with Crippen molar-refractivity contribution in [2.24, 2.45) is 0 Å². The lowest BCUT2D eigenvalue weighted by atomic mass is 10.1. The van der Waals surface area contributed by atoms with Crippen LogP contribution in [0.3, 0.4) is 0 Å². The Morgan fingerprint density at radius 3 is 2.80 bits per heavy atom. The summed E-state index contributed by atoms with van der Waals surface area (Å²) in [4.78, 5) is 0. The highest BCUT2D eigenvalue weighted by molar-refractivity contribution is 5.72. The summed E-state index contributed by atoms with van der Waals surface area (Å²) < 4.78 is 18.1. The van der Waals surface area contributed by atoms with Gasteiger partial charge in [-0.15, -0.1) is 0 Å². The van der Waals surface area contributed by atoms with E-state index in [-0.39, 0.29) is 5.82 Å². The fraction of sp³-hybridized carbons (Fsp3) is 0.100. The molecule has 15 heavy (non-hydrogen) atoms. The molecule has 0 saturated heterocycles. The molecule has 0 fully saturated rings. The van der Waals surface area contributed by atoms with Gasteiger partial charge in [0.25, 0.3) is 0 Å². The zero-order valence-corrected chi connectivity index (χ0v) is 8.12. The minimum atomic E-state index is -0.377. The average molecular weight is 207 g/mol. The molecule has 5 heteroatoms. The molecule has 0 atom stereocenters. The average Bonchev–Trinajstić information content (AvgIpc) is 2.63. The second kappa shape index (κ2) is 3.61. The molecular weight excluding hydrogens is 197 g/mol. The maximum atomic E-state index is 13.2. The smallest absolute Gasteiger partial charge is 0.127 e. The number of hydrogen-bond acceptors (Lipinski definition) is 3. The molecule has 0 radical (unpaired) electrons. The van der Waals surface area contributed by atoms with Gasteiger partial charge in [0.1, 0.15) is 11.6 Å². The molecule has 3 N–H and O–H groups in total. The lowest BCUT2D eigenvalue weighted by Crippen LogP contribution is -1.90. The number of aromatic nitrogens is 2. The minimum absolute atomic E-state index is 0.377. The standard InChI is InChI=1S/C10H10FN3O/c1-15-8-3-6(2-7(11)4-8)10-9(12)5-13-14-10/h2-5H,12H2,1H3,(H,13,14). The number of nitrogens with one attached hydrogen (secondary N) is 1. The molecule has 0 unspecified atom stereocenters. The third-order valence-electron chi connectivity index (χ3n) is 2.06. The number of nitrogens with two attached hydrogens (primary N) is 1. The maximum absolute atomic E-state index is 13.2. The fourth-order valence-corrected chi connectivity index (χ4v) is 1.35. The van der Waals surface area contributed by atoms with Crippen LogP contribution in [-0.2, 0) is 0 Å². The van der Waals surface area contributed by atoms with E-state index in [1.54, 1.807) is 6.07 Å². The van der Waals surface area contributed by atoms with Crippen molar-refractivity contribution in [3.63, 3.8) is 0 Å². The van der Waals surface area contributed by atoms with E-state index in [1.165, 1.54) is 25.4 Å². The Labute approximate surface area is 85.9 Å². The van der Waals surface area contributed by atoms with Crippen LogP contribution in [0.1, 0.15) is 0 Å². The Balaban J connectivity index is 2.53. The molecule has 0 aliphatic carbocycles. The summed E-state index contributed by atoms with van der Waals surface area (Å²) in [6.07, 6.45) is 1.48. The molecule has 1 aromatic heterocycles. The molecule has 0 saturated carbocycles. The summed E-state index contributed by atoms with van der Waals surface area (Å²) >= 11 is 0. The van der Waals surface area contributed by atoms with Gasteiger partial charge in [-0.25, -0.2) is 4.39 Å². The first-order valence-corrected chi connectivity index (χ1v) is 4.34. The lowest BCUT2D eigenvalue weighted by molar-refractivity contribution is 0.411. The minimum Gasteiger partial charge on any atom is -0.497 e. The van der Waals surface area contributed by atoms with Crippen LogP contribution in [0.2, 0.25) is 0 Å². The summed E-state index contributed by atoms with van der Waals surface area (Å²) in [6.45, 7) is 0. The third-order valence-corrected chi connectivity index (χ3v) is 2.06. The van der Waals surface area contributed by atoms with Gasteiger partial charge in [0.05, 0.1) is 24.7 Å². The van der Waals surface area contributed by atoms with E-state index in [2.05, 4.69) is 10.2 Å². The molecule has 0 spiro atoms. The molecule has 78 valence electrons. The normalized spacial score (nSPS) is 10.3. The first-order valence-electron chi connectivity index (χ1n) is 4.34. The van der Waals surface area contributed by atoms with Crippen LogP contribution >= 0.6 is 0 Å². The molecule has 1 aromatic carbocycles. The highest BCUT2D eigenvalue weighted by Crippen LogP contribution is 2.27. The zero-order valence-electron chi connectivity index (χ0n) is 8.12. The highest BCUT2D eigenvalue weighted by Gasteiger charge is 2.07. The molecule has 0 aliphatic heterocycles. The van der Waals surface area contributed by atoms with Crippen molar-refractivity contribution in [3.05, 3.63) is 30.2 Å². The molecule has 0 amide bonds. The van der Waals surface area contributed by atoms with Gasteiger partial charge in [-0.3, -0.25) is 5.10 Å². The summed E-state index contributed by atoms with van der Waals surface area (Å²) in [5, 5.41) is 6.47. The Morgan fingerprint density at radius 2 is 2.20 bits per heavy atom. The molecular formula is C10H10FN3O. The van der Waals surface area contributed by atoms with Gasteiger partial charge >= 0.3 is 0 Å². The van der Waals surface area contributed by atoms with Crippen LogP contribution in [0.25, 0.3) is 11.3 Å². The van der Waals surface area contributed by atoms with Gasteiger partial charge in [0.2, 0.25) is 0 Å². The predicted molar refractivity (Wildman–Crippen MR) is 54.9 cm³/mol. The summed E-state index contributed by atoms with van der Waals surface area (Å²) in [5.41, 5.74) is 7.34. The van der Waals surface area contributed by atoms with E-state index < -0.39 is 0 Å². The van der Waals surface area contributed by atoms with Crippen LogP contribution < -0.4 is 10.5 Å². The van der Waals surface area contributed by atoms with Gasteiger partial charge in [-0.2, -0.15) is 5.10 Å². The highest BCUT2D eigenvalue weighted by atomic mass is 19.1. The molecule has 4 nitrogen and oxygen atoms in total. The summed E-state index contributed by atoms with van der Waals surface area (Å²) in [7, 11) is 1.48. The first kappa shape index (κ1) is 9.51. The maximum Gasteiger partial charge on any atom is 0.127 e. The first-order chi connectivity index (χ1) is 7.20. The van der Waals surface area contributed by atoms with E-state index in [1.807, 2.05) is 0 Å². The number of hydrogen-bond donors (Lipinski definition) is 2. The molecule has 2 aromatic rings. The Kier molecular flexibility index (Phi) is 2.29. The van der Waals surface area contributed by atoms with Gasteiger partial charge in [0, 0.05) is 11.6 Å². The van der Waals surface area contributed by atoms with Crippen LogP contribution in [0.15, 0.2) is 24.4 Å².